The monoisotopic (exact) mass is 436 g/mol. The van der Waals surface area contributed by atoms with Gasteiger partial charge in [0.2, 0.25) is 10.0 Å². The summed E-state index contributed by atoms with van der Waals surface area (Å²) in [5.74, 6) is 1.31. The molecule has 2 aromatic carbocycles. The van der Waals surface area contributed by atoms with Crippen LogP contribution in [0.1, 0.15) is 19.4 Å². The van der Waals surface area contributed by atoms with Gasteiger partial charge < -0.3 is 19.5 Å². The second kappa shape index (κ2) is 10.8. The van der Waals surface area contributed by atoms with Crippen molar-refractivity contribution in [2.24, 2.45) is 0 Å². The lowest BCUT2D eigenvalue weighted by Gasteiger charge is -2.18. The van der Waals surface area contributed by atoms with Crippen LogP contribution in [0.4, 0.5) is 0 Å². The number of benzene rings is 2. The predicted molar refractivity (Wildman–Crippen MR) is 113 cm³/mol. The van der Waals surface area contributed by atoms with Crippen LogP contribution >= 0.6 is 0 Å². The van der Waals surface area contributed by atoms with Gasteiger partial charge in [-0.05, 0) is 42.0 Å². The van der Waals surface area contributed by atoms with Crippen molar-refractivity contribution in [1.29, 1.82) is 0 Å². The molecule has 0 heterocycles. The van der Waals surface area contributed by atoms with Crippen molar-refractivity contribution >= 4 is 15.9 Å². The van der Waals surface area contributed by atoms with Crippen LogP contribution in [0.5, 0.6) is 17.2 Å². The molecule has 0 saturated heterocycles. The Hall–Kier alpha value is -2.78. The average Bonchev–Trinajstić information content (AvgIpc) is 2.76. The van der Waals surface area contributed by atoms with E-state index in [0.717, 1.165) is 5.56 Å². The number of rotatable bonds is 11. The molecule has 0 aromatic heterocycles. The van der Waals surface area contributed by atoms with E-state index in [4.69, 9.17) is 14.2 Å². The number of sulfonamides is 1. The van der Waals surface area contributed by atoms with Gasteiger partial charge in [-0.25, -0.2) is 8.42 Å². The highest BCUT2D eigenvalue weighted by atomic mass is 32.2. The molecule has 0 aliphatic carbocycles. The Morgan fingerprint density at radius 3 is 2.17 bits per heavy atom. The number of carbonyl (C=O) groups excluding carboxylic acids is 1. The molecule has 0 atom stereocenters. The highest BCUT2D eigenvalue weighted by molar-refractivity contribution is 7.89. The molecule has 0 unspecified atom stereocenters. The molecule has 2 aromatic rings. The van der Waals surface area contributed by atoms with Gasteiger partial charge in [-0.2, -0.15) is 4.31 Å². The molecule has 0 spiro atoms. The lowest BCUT2D eigenvalue weighted by Crippen LogP contribution is -2.30. The summed E-state index contributed by atoms with van der Waals surface area (Å²) in [5, 5.41) is 2.76. The molecule has 8 nitrogen and oxygen atoms in total. The Bertz CT molecular complexity index is 940. The number of methoxy groups -OCH3 is 2. The molecule has 1 N–H and O–H groups in total. The Morgan fingerprint density at radius 1 is 0.967 bits per heavy atom. The second-order valence-corrected chi connectivity index (χ2v) is 8.25. The fourth-order valence-corrected chi connectivity index (χ4v) is 4.27. The van der Waals surface area contributed by atoms with E-state index in [1.54, 1.807) is 40.2 Å². The molecule has 9 heteroatoms. The molecule has 0 aliphatic rings. The van der Waals surface area contributed by atoms with E-state index >= 15 is 0 Å². The van der Waals surface area contributed by atoms with Crippen LogP contribution in [-0.2, 0) is 21.4 Å². The van der Waals surface area contributed by atoms with Crippen molar-refractivity contribution in [3.8, 4) is 17.2 Å². The zero-order valence-corrected chi connectivity index (χ0v) is 18.5. The quantitative estimate of drug-likeness (QED) is 0.581. The van der Waals surface area contributed by atoms with Crippen LogP contribution < -0.4 is 19.5 Å². The Kier molecular flexibility index (Phi) is 8.49. The Labute approximate surface area is 177 Å². The number of carbonyl (C=O) groups is 1. The number of amides is 1. The standard InChI is InChI=1S/C21H28N2O6S/c1-5-23(6-2)30(25,26)18-10-8-17(9-11-18)29-15-21(24)22-14-16-7-12-19(27-3)20(13-16)28-4/h7-13H,5-6,14-15H2,1-4H3,(H,22,24). The van der Waals surface area contributed by atoms with Gasteiger partial charge in [-0.3, -0.25) is 4.79 Å². The summed E-state index contributed by atoms with van der Waals surface area (Å²) in [5.41, 5.74) is 0.854. The van der Waals surface area contributed by atoms with Gasteiger partial charge >= 0.3 is 0 Å². The maximum atomic E-state index is 12.5. The number of nitrogens with one attached hydrogen (secondary N) is 1. The van der Waals surface area contributed by atoms with Gasteiger partial charge in [0.25, 0.3) is 5.91 Å². The minimum Gasteiger partial charge on any atom is -0.493 e. The van der Waals surface area contributed by atoms with E-state index in [9.17, 15) is 13.2 Å². The first-order valence-electron chi connectivity index (χ1n) is 9.56. The minimum atomic E-state index is -3.52. The molecular weight excluding hydrogens is 408 g/mol. The maximum absolute atomic E-state index is 12.5. The Morgan fingerprint density at radius 2 is 1.60 bits per heavy atom. The Balaban J connectivity index is 1.89. The number of hydrogen-bond acceptors (Lipinski definition) is 6. The molecular formula is C21H28N2O6S. The zero-order chi connectivity index (χ0) is 22.1. The molecule has 0 saturated carbocycles. The van der Waals surface area contributed by atoms with Crippen molar-refractivity contribution < 1.29 is 27.4 Å². The van der Waals surface area contributed by atoms with Crippen LogP contribution in [0.2, 0.25) is 0 Å². The number of hydrogen-bond donors (Lipinski definition) is 1. The fourth-order valence-electron chi connectivity index (χ4n) is 2.81. The molecule has 1 amide bonds. The van der Waals surface area contributed by atoms with Gasteiger partial charge in [0.15, 0.2) is 18.1 Å². The highest BCUT2D eigenvalue weighted by Crippen LogP contribution is 2.27. The smallest absolute Gasteiger partial charge is 0.258 e. The molecule has 0 bridgehead atoms. The van der Waals surface area contributed by atoms with Crippen molar-refractivity contribution in [2.75, 3.05) is 33.9 Å². The van der Waals surface area contributed by atoms with Crippen molar-refractivity contribution in [3.05, 3.63) is 48.0 Å². The van der Waals surface area contributed by atoms with Crippen molar-refractivity contribution in [2.45, 2.75) is 25.3 Å². The summed E-state index contributed by atoms with van der Waals surface area (Å²) in [4.78, 5) is 12.3. The van der Waals surface area contributed by atoms with Gasteiger partial charge in [-0.1, -0.05) is 19.9 Å². The SMILES string of the molecule is CCN(CC)S(=O)(=O)c1ccc(OCC(=O)NCc2ccc(OC)c(OC)c2)cc1. The van der Waals surface area contributed by atoms with E-state index < -0.39 is 10.0 Å². The number of nitrogens with zero attached hydrogens (tertiary/aromatic N) is 1. The van der Waals surface area contributed by atoms with Crippen molar-refractivity contribution in [1.82, 2.24) is 9.62 Å². The van der Waals surface area contributed by atoms with Gasteiger partial charge in [0.05, 0.1) is 19.1 Å². The third kappa shape index (κ3) is 5.87. The topological polar surface area (TPSA) is 94.2 Å². The summed E-state index contributed by atoms with van der Waals surface area (Å²) < 4.78 is 42.2. The first kappa shape index (κ1) is 23.5. The minimum absolute atomic E-state index is 0.185. The summed E-state index contributed by atoms with van der Waals surface area (Å²) in [7, 11) is -0.414. The van der Waals surface area contributed by atoms with Crippen LogP contribution in [0.15, 0.2) is 47.4 Å². The molecule has 0 radical (unpaired) electrons. The van der Waals surface area contributed by atoms with Gasteiger partial charge in [0.1, 0.15) is 5.75 Å². The molecule has 0 aliphatic heterocycles. The summed E-state index contributed by atoms with van der Waals surface area (Å²) in [6, 6.07) is 11.4. The van der Waals surface area contributed by atoms with Crippen molar-refractivity contribution in [3.63, 3.8) is 0 Å². The molecule has 30 heavy (non-hydrogen) atoms. The van der Waals surface area contributed by atoms with E-state index in [1.807, 2.05) is 6.07 Å². The van der Waals surface area contributed by atoms with E-state index in [1.165, 1.54) is 28.6 Å². The fraction of sp³-hybridized carbons (Fsp3) is 0.381. The van der Waals surface area contributed by atoms with E-state index in [2.05, 4.69) is 5.32 Å². The number of ether oxygens (including phenoxy) is 3. The van der Waals surface area contributed by atoms with Crippen LogP contribution in [-0.4, -0.2) is 52.5 Å². The average molecular weight is 437 g/mol. The lowest BCUT2D eigenvalue weighted by atomic mass is 10.2. The largest absolute Gasteiger partial charge is 0.493 e. The van der Waals surface area contributed by atoms with Crippen LogP contribution in [0.25, 0.3) is 0 Å². The summed E-state index contributed by atoms with van der Waals surface area (Å²) in [6.07, 6.45) is 0. The summed E-state index contributed by atoms with van der Waals surface area (Å²) in [6.45, 7) is 4.51. The first-order chi connectivity index (χ1) is 14.3. The van der Waals surface area contributed by atoms with E-state index in [-0.39, 0.29) is 17.4 Å². The highest BCUT2D eigenvalue weighted by Gasteiger charge is 2.21. The van der Waals surface area contributed by atoms with Crippen LogP contribution in [0, 0.1) is 0 Å². The molecule has 2 rings (SSSR count). The molecule has 164 valence electrons. The predicted octanol–water partition coefficient (Wildman–Crippen LogP) is 2.43. The third-order valence-electron chi connectivity index (χ3n) is 4.47. The summed E-state index contributed by atoms with van der Waals surface area (Å²) >= 11 is 0. The van der Waals surface area contributed by atoms with Crippen LogP contribution in [0.3, 0.4) is 0 Å². The van der Waals surface area contributed by atoms with E-state index in [0.29, 0.717) is 36.9 Å². The van der Waals surface area contributed by atoms with Gasteiger partial charge in [-0.15, -0.1) is 0 Å². The van der Waals surface area contributed by atoms with Gasteiger partial charge in [0, 0.05) is 19.6 Å². The third-order valence-corrected chi connectivity index (χ3v) is 6.54. The molecule has 0 fully saturated rings. The normalized spacial score (nSPS) is 11.2. The lowest BCUT2D eigenvalue weighted by molar-refractivity contribution is -0.123. The maximum Gasteiger partial charge on any atom is 0.258 e. The second-order valence-electron chi connectivity index (χ2n) is 6.32. The zero-order valence-electron chi connectivity index (χ0n) is 17.7. The first-order valence-corrected chi connectivity index (χ1v) is 11.0.